The van der Waals surface area contributed by atoms with E-state index in [0.717, 1.165) is 38.5 Å². The zero-order chi connectivity index (χ0) is 25.3. The summed E-state index contributed by atoms with van der Waals surface area (Å²) < 4.78 is 0. The Morgan fingerprint density at radius 2 is 1.32 bits per heavy atom. The van der Waals surface area contributed by atoms with Gasteiger partial charge in [-0.15, -0.1) is 0 Å². The Labute approximate surface area is 218 Å². The van der Waals surface area contributed by atoms with Crippen LogP contribution in [-0.4, -0.2) is 28.3 Å². The number of nitrogens with one attached hydrogen (secondary N) is 2. The summed E-state index contributed by atoms with van der Waals surface area (Å²) in [6.45, 7) is 0.613. The summed E-state index contributed by atoms with van der Waals surface area (Å²) in [4.78, 5) is 35.7. The van der Waals surface area contributed by atoms with E-state index >= 15 is 0 Å². The molecule has 190 valence electrons. The van der Waals surface area contributed by atoms with Crippen LogP contribution in [0, 0.1) is 22.7 Å². The minimum Gasteiger partial charge on any atom is -0.356 e. The van der Waals surface area contributed by atoms with E-state index in [1.807, 2.05) is 12.1 Å². The lowest BCUT2D eigenvalue weighted by Gasteiger charge is -2.60. The van der Waals surface area contributed by atoms with Crippen LogP contribution in [0.15, 0.2) is 79.1 Å². The molecule has 2 aromatic carbocycles. The average molecular weight is 495 g/mol. The molecule has 6 heteroatoms. The van der Waals surface area contributed by atoms with Gasteiger partial charge in [0, 0.05) is 24.9 Å². The van der Waals surface area contributed by atoms with Crippen molar-refractivity contribution in [3.8, 4) is 0 Å². The fraction of sp³-hybridized carbons (Fsp3) is 0.419. The van der Waals surface area contributed by atoms with Gasteiger partial charge in [-0.1, -0.05) is 60.7 Å². The van der Waals surface area contributed by atoms with Gasteiger partial charge in [0.05, 0.1) is 10.8 Å². The molecule has 4 aliphatic carbocycles. The number of nitrogens with zero attached hydrogens (tertiary/aromatic N) is 2. The molecule has 0 spiro atoms. The zero-order valence-corrected chi connectivity index (χ0v) is 21.1. The molecule has 0 radical (unpaired) electrons. The van der Waals surface area contributed by atoms with Crippen LogP contribution in [-0.2, 0) is 9.59 Å². The smallest absolute Gasteiger partial charge is 0.233 e. The Morgan fingerprint density at radius 3 is 1.89 bits per heavy atom. The maximum absolute atomic E-state index is 13.8. The first-order valence-electron chi connectivity index (χ1n) is 13.5. The maximum atomic E-state index is 13.8. The number of carbonyl (C=O) groups is 2. The van der Waals surface area contributed by atoms with E-state index in [9.17, 15) is 9.59 Å². The molecular formula is C31H34N4O2. The molecular weight excluding hydrogens is 460 g/mol. The van der Waals surface area contributed by atoms with Gasteiger partial charge >= 0.3 is 0 Å². The van der Waals surface area contributed by atoms with Gasteiger partial charge in [0.25, 0.3) is 0 Å². The second kappa shape index (κ2) is 9.73. The highest BCUT2D eigenvalue weighted by Crippen LogP contribution is 2.65. The third-order valence-corrected chi connectivity index (χ3v) is 8.94. The molecule has 4 fully saturated rings. The molecule has 2 unspecified atom stereocenters. The van der Waals surface area contributed by atoms with Gasteiger partial charge in [-0.05, 0) is 74.0 Å². The predicted octanol–water partition coefficient (Wildman–Crippen LogP) is 5.34. The molecule has 2 atom stereocenters. The molecule has 0 saturated heterocycles. The summed E-state index contributed by atoms with van der Waals surface area (Å²) in [6, 6.07) is 22.8. The van der Waals surface area contributed by atoms with Gasteiger partial charge in [0.15, 0.2) is 0 Å². The lowest BCUT2D eigenvalue weighted by molar-refractivity contribution is -0.164. The maximum Gasteiger partial charge on any atom is 0.233 e. The van der Waals surface area contributed by atoms with Gasteiger partial charge in [0.1, 0.15) is 0 Å². The fourth-order valence-corrected chi connectivity index (χ4v) is 7.81. The molecule has 7 rings (SSSR count). The Balaban J connectivity index is 1.16. The van der Waals surface area contributed by atoms with Crippen molar-refractivity contribution in [1.82, 2.24) is 15.3 Å². The summed E-state index contributed by atoms with van der Waals surface area (Å²) in [5, 5.41) is 6.28. The van der Waals surface area contributed by atoms with Crippen LogP contribution in [0.1, 0.15) is 62.0 Å². The molecule has 2 N–H and O–H groups in total. The molecule has 0 aliphatic heterocycles. The summed E-state index contributed by atoms with van der Waals surface area (Å²) in [6.07, 6.45) is 9.38. The molecule has 4 aliphatic rings. The number of hydrogen-bond donors (Lipinski definition) is 2. The molecule has 37 heavy (non-hydrogen) atoms. The highest BCUT2D eigenvalue weighted by molar-refractivity contribution is 5.95. The zero-order valence-electron chi connectivity index (χ0n) is 21.1. The number of anilines is 1. The van der Waals surface area contributed by atoms with Crippen molar-refractivity contribution >= 4 is 17.8 Å². The Morgan fingerprint density at radius 1 is 0.784 bits per heavy atom. The first-order valence-corrected chi connectivity index (χ1v) is 13.5. The van der Waals surface area contributed by atoms with Crippen molar-refractivity contribution in [3.63, 3.8) is 0 Å². The Hall–Kier alpha value is -3.54. The molecule has 6 nitrogen and oxygen atoms in total. The highest BCUT2D eigenvalue weighted by Gasteiger charge is 2.63. The minimum atomic E-state index is -0.503. The summed E-state index contributed by atoms with van der Waals surface area (Å²) in [5.74, 6) is 1.54. The first kappa shape index (κ1) is 23.8. The number of aromatic nitrogens is 2. The summed E-state index contributed by atoms with van der Waals surface area (Å²) in [5.41, 5.74) is 1.57. The summed E-state index contributed by atoms with van der Waals surface area (Å²) >= 11 is 0. The Bertz CT molecular complexity index is 1190. The molecule has 2 amide bonds. The van der Waals surface area contributed by atoms with E-state index in [4.69, 9.17) is 0 Å². The second-order valence-electron chi connectivity index (χ2n) is 11.5. The fourth-order valence-electron chi connectivity index (χ4n) is 7.81. The number of amides is 2. The standard InChI is InChI=1S/C31H34N4O2/c36-27(32-15-12-26(24-8-3-1-4-9-24)25-10-5-2-6-11-25)30-17-22-16-23(18-30)20-31(19-22,21-30)28(37)35-29-33-13-7-14-34-29/h1-11,13-14,22-23,26H,12,15-21H2,(H,32,36)(H,33,34,35,37). The van der Waals surface area contributed by atoms with Crippen molar-refractivity contribution in [2.24, 2.45) is 22.7 Å². The van der Waals surface area contributed by atoms with E-state index in [0.29, 0.717) is 30.7 Å². The number of benzene rings is 2. The number of hydrogen-bond acceptors (Lipinski definition) is 4. The van der Waals surface area contributed by atoms with Gasteiger partial charge in [-0.2, -0.15) is 0 Å². The highest BCUT2D eigenvalue weighted by atomic mass is 16.2. The monoisotopic (exact) mass is 494 g/mol. The largest absolute Gasteiger partial charge is 0.356 e. The SMILES string of the molecule is O=C(NCCC(c1ccccc1)c1ccccc1)C12CC3CC(C1)CC(C(=O)Nc1ncccn1)(C3)C2. The summed E-state index contributed by atoms with van der Waals surface area (Å²) in [7, 11) is 0. The predicted molar refractivity (Wildman–Crippen MR) is 143 cm³/mol. The molecule has 4 bridgehead atoms. The Kier molecular flexibility index (Phi) is 6.27. The van der Waals surface area contributed by atoms with E-state index in [1.54, 1.807) is 18.5 Å². The lowest BCUT2D eigenvalue weighted by Crippen LogP contribution is -2.60. The minimum absolute atomic E-state index is 0.0156. The van der Waals surface area contributed by atoms with Crippen molar-refractivity contribution in [3.05, 3.63) is 90.3 Å². The lowest BCUT2D eigenvalue weighted by atomic mass is 9.43. The number of carbonyl (C=O) groups excluding carboxylic acids is 2. The van der Waals surface area contributed by atoms with Gasteiger partial charge in [-0.3, -0.25) is 14.9 Å². The van der Waals surface area contributed by atoms with Crippen LogP contribution in [0.4, 0.5) is 5.95 Å². The van der Waals surface area contributed by atoms with Crippen molar-refractivity contribution in [2.45, 2.75) is 50.9 Å². The van der Waals surface area contributed by atoms with Crippen LogP contribution >= 0.6 is 0 Å². The van der Waals surface area contributed by atoms with E-state index in [-0.39, 0.29) is 17.7 Å². The third-order valence-electron chi connectivity index (χ3n) is 8.94. The van der Waals surface area contributed by atoms with E-state index in [1.165, 1.54) is 11.1 Å². The molecule has 1 aromatic heterocycles. The first-order chi connectivity index (χ1) is 18.1. The van der Waals surface area contributed by atoms with Gasteiger partial charge in [0.2, 0.25) is 17.8 Å². The van der Waals surface area contributed by atoms with Crippen LogP contribution in [0.25, 0.3) is 0 Å². The topological polar surface area (TPSA) is 84.0 Å². The number of rotatable bonds is 8. The van der Waals surface area contributed by atoms with E-state index < -0.39 is 10.8 Å². The van der Waals surface area contributed by atoms with Gasteiger partial charge in [-0.25, -0.2) is 9.97 Å². The molecule has 1 heterocycles. The second-order valence-corrected chi connectivity index (χ2v) is 11.5. The van der Waals surface area contributed by atoms with Crippen molar-refractivity contribution < 1.29 is 9.59 Å². The average Bonchev–Trinajstić information content (AvgIpc) is 2.92. The molecule has 4 saturated carbocycles. The van der Waals surface area contributed by atoms with Crippen LogP contribution < -0.4 is 10.6 Å². The van der Waals surface area contributed by atoms with Crippen molar-refractivity contribution in [1.29, 1.82) is 0 Å². The van der Waals surface area contributed by atoms with Crippen molar-refractivity contribution in [2.75, 3.05) is 11.9 Å². The van der Waals surface area contributed by atoms with Crippen LogP contribution in [0.5, 0.6) is 0 Å². The molecule has 3 aromatic rings. The third kappa shape index (κ3) is 4.65. The van der Waals surface area contributed by atoms with Crippen LogP contribution in [0.2, 0.25) is 0 Å². The van der Waals surface area contributed by atoms with Crippen LogP contribution in [0.3, 0.4) is 0 Å². The van der Waals surface area contributed by atoms with Gasteiger partial charge < -0.3 is 5.32 Å². The quantitative estimate of drug-likeness (QED) is 0.443. The normalized spacial score (nSPS) is 27.7. The van der Waals surface area contributed by atoms with E-state index in [2.05, 4.69) is 69.1 Å².